The fourth-order valence-corrected chi connectivity index (χ4v) is 4.01. The van der Waals surface area contributed by atoms with Crippen molar-refractivity contribution in [3.63, 3.8) is 0 Å². The molecule has 8 nitrogen and oxygen atoms in total. The number of hydrogen-bond acceptors (Lipinski definition) is 7. The van der Waals surface area contributed by atoms with Crippen molar-refractivity contribution in [3.8, 4) is 0 Å². The summed E-state index contributed by atoms with van der Waals surface area (Å²) >= 11 is 0. The Hall–Kier alpha value is -2.39. The van der Waals surface area contributed by atoms with Crippen molar-refractivity contribution in [2.24, 2.45) is 0 Å². The van der Waals surface area contributed by atoms with Gasteiger partial charge in [-0.3, -0.25) is 0 Å². The van der Waals surface area contributed by atoms with Crippen LogP contribution in [0.5, 0.6) is 0 Å². The molecule has 2 aromatic rings. The van der Waals surface area contributed by atoms with Gasteiger partial charge in [-0.15, -0.1) is 0 Å². The topological polar surface area (TPSA) is 93.0 Å². The fourth-order valence-electron chi connectivity index (χ4n) is 2.57. The second-order valence-corrected chi connectivity index (χ2v) is 7.38. The summed E-state index contributed by atoms with van der Waals surface area (Å²) in [5, 5.41) is 0. The molecule has 0 unspecified atom stereocenters. The zero-order valence-electron chi connectivity index (χ0n) is 13.8. The quantitative estimate of drug-likeness (QED) is 0.739. The maximum absolute atomic E-state index is 12.6. The Kier molecular flexibility index (Phi) is 5.05. The summed E-state index contributed by atoms with van der Waals surface area (Å²) in [6, 6.07) is 8.64. The highest BCUT2D eigenvalue weighted by Crippen LogP contribution is 2.21. The van der Waals surface area contributed by atoms with E-state index >= 15 is 0 Å². The molecule has 2 heterocycles. The lowest BCUT2D eigenvalue weighted by Gasteiger charge is -2.33. The van der Waals surface area contributed by atoms with Crippen LogP contribution in [0.2, 0.25) is 0 Å². The molecule has 9 heteroatoms. The van der Waals surface area contributed by atoms with Gasteiger partial charge in [-0.05, 0) is 19.1 Å². The van der Waals surface area contributed by atoms with E-state index in [-0.39, 0.29) is 17.2 Å². The SMILES string of the molecule is CCOC(=O)c1coc(N2CCN(S(=O)(=O)c3ccccc3)CC2)n1. The first-order valence-corrected chi connectivity index (χ1v) is 9.39. The molecule has 1 aliphatic heterocycles. The number of carbonyl (C=O) groups is 1. The molecule has 0 aliphatic carbocycles. The van der Waals surface area contributed by atoms with E-state index in [1.165, 1.54) is 10.6 Å². The maximum Gasteiger partial charge on any atom is 0.360 e. The van der Waals surface area contributed by atoms with Crippen LogP contribution < -0.4 is 4.90 Å². The van der Waals surface area contributed by atoms with Crippen molar-refractivity contribution in [1.29, 1.82) is 0 Å². The number of piperazine rings is 1. The molecule has 1 saturated heterocycles. The van der Waals surface area contributed by atoms with Crippen molar-refractivity contribution >= 4 is 22.0 Å². The largest absolute Gasteiger partial charge is 0.461 e. The van der Waals surface area contributed by atoms with Crippen LogP contribution in [0.15, 0.2) is 45.9 Å². The number of carbonyl (C=O) groups excluding carboxylic acids is 1. The van der Waals surface area contributed by atoms with E-state index < -0.39 is 16.0 Å². The van der Waals surface area contributed by atoms with Crippen molar-refractivity contribution in [2.45, 2.75) is 11.8 Å². The number of rotatable bonds is 5. The highest BCUT2D eigenvalue weighted by atomic mass is 32.2. The summed E-state index contributed by atoms with van der Waals surface area (Å²) in [6.07, 6.45) is 1.25. The lowest BCUT2D eigenvalue weighted by Crippen LogP contribution is -2.48. The third kappa shape index (κ3) is 3.67. The Labute approximate surface area is 146 Å². The van der Waals surface area contributed by atoms with Gasteiger partial charge in [-0.1, -0.05) is 18.2 Å². The van der Waals surface area contributed by atoms with Gasteiger partial charge in [0.1, 0.15) is 6.26 Å². The van der Waals surface area contributed by atoms with Gasteiger partial charge in [0.05, 0.1) is 11.5 Å². The van der Waals surface area contributed by atoms with Crippen LogP contribution in [0.1, 0.15) is 17.4 Å². The zero-order valence-corrected chi connectivity index (χ0v) is 14.6. The predicted molar refractivity (Wildman–Crippen MR) is 89.9 cm³/mol. The second kappa shape index (κ2) is 7.24. The molecule has 1 aromatic heterocycles. The minimum absolute atomic E-state index is 0.108. The molecule has 134 valence electrons. The number of esters is 1. The molecule has 0 radical (unpaired) electrons. The molecule has 1 aromatic carbocycles. The van der Waals surface area contributed by atoms with Gasteiger partial charge < -0.3 is 14.1 Å². The monoisotopic (exact) mass is 365 g/mol. The third-order valence-corrected chi connectivity index (χ3v) is 5.78. The molecule has 0 N–H and O–H groups in total. The number of oxazole rings is 1. The van der Waals surface area contributed by atoms with Crippen LogP contribution in [-0.4, -0.2) is 56.5 Å². The van der Waals surface area contributed by atoms with Crippen molar-refractivity contribution < 1.29 is 22.4 Å². The van der Waals surface area contributed by atoms with Gasteiger partial charge in [-0.25, -0.2) is 13.2 Å². The summed E-state index contributed by atoms with van der Waals surface area (Å²) in [7, 11) is -3.50. The highest BCUT2D eigenvalue weighted by molar-refractivity contribution is 7.89. The average Bonchev–Trinajstić information content (AvgIpc) is 3.13. The summed E-state index contributed by atoms with van der Waals surface area (Å²) in [6.45, 7) is 3.45. The summed E-state index contributed by atoms with van der Waals surface area (Å²) < 4.78 is 36.8. The Bertz CT molecular complexity index is 826. The Morgan fingerprint density at radius 2 is 1.88 bits per heavy atom. The van der Waals surface area contributed by atoms with Gasteiger partial charge in [0, 0.05) is 26.2 Å². The number of aromatic nitrogens is 1. The van der Waals surface area contributed by atoms with Crippen LogP contribution in [0, 0.1) is 0 Å². The molecule has 25 heavy (non-hydrogen) atoms. The average molecular weight is 365 g/mol. The molecule has 1 aliphatic rings. The van der Waals surface area contributed by atoms with Gasteiger partial charge in [0.2, 0.25) is 10.0 Å². The molecule has 0 atom stereocenters. The van der Waals surface area contributed by atoms with Gasteiger partial charge in [-0.2, -0.15) is 9.29 Å². The van der Waals surface area contributed by atoms with E-state index in [0.717, 1.165) is 0 Å². The zero-order chi connectivity index (χ0) is 17.9. The van der Waals surface area contributed by atoms with Crippen LogP contribution in [-0.2, 0) is 14.8 Å². The number of ether oxygens (including phenoxy) is 1. The Morgan fingerprint density at radius 1 is 1.20 bits per heavy atom. The van der Waals surface area contributed by atoms with Gasteiger partial charge in [0.25, 0.3) is 6.01 Å². The van der Waals surface area contributed by atoms with Crippen molar-refractivity contribution in [3.05, 3.63) is 42.3 Å². The molecular weight excluding hydrogens is 346 g/mol. The minimum Gasteiger partial charge on any atom is -0.461 e. The lowest BCUT2D eigenvalue weighted by atomic mass is 10.4. The van der Waals surface area contributed by atoms with E-state index in [1.807, 2.05) is 0 Å². The minimum atomic E-state index is -3.50. The normalized spacial score (nSPS) is 16.0. The van der Waals surface area contributed by atoms with Crippen LogP contribution in [0.4, 0.5) is 6.01 Å². The Morgan fingerprint density at radius 3 is 2.52 bits per heavy atom. The summed E-state index contributed by atoms with van der Waals surface area (Å²) in [5.74, 6) is -0.539. The number of nitrogens with zero attached hydrogens (tertiary/aromatic N) is 3. The number of benzene rings is 1. The number of anilines is 1. The lowest BCUT2D eigenvalue weighted by molar-refractivity contribution is 0.0519. The van der Waals surface area contributed by atoms with Crippen LogP contribution in [0.25, 0.3) is 0 Å². The predicted octanol–water partition coefficient (Wildman–Crippen LogP) is 1.36. The standard InChI is InChI=1S/C16H19N3O5S/c1-2-23-15(20)14-12-24-16(17-14)18-8-10-19(11-9-18)25(21,22)13-6-4-3-5-7-13/h3-7,12H,2,8-11H2,1H3. The van der Waals surface area contributed by atoms with E-state index in [4.69, 9.17) is 9.15 Å². The Balaban J connectivity index is 1.65. The molecule has 1 fully saturated rings. The first-order chi connectivity index (χ1) is 12.0. The number of sulfonamides is 1. The van der Waals surface area contributed by atoms with Crippen LogP contribution >= 0.6 is 0 Å². The van der Waals surface area contributed by atoms with Gasteiger partial charge in [0.15, 0.2) is 5.69 Å². The molecule has 0 amide bonds. The third-order valence-electron chi connectivity index (χ3n) is 3.87. The first-order valence-electron chi connectivity index (χ1n) is 7.95. The van der Waals surface area contributed by atoms with E-state index in [0.29, 0.717) is 32.2 Å². The van der Waals surface area contributed by atoms with E-state index in [9.17, 15) is 13.2 Å². The molecule has 0 spiro atoms. The van der Waals surface area contributed by atoms with Gasteiger partial charge >= 0.3 is 5.97 Å². The highest BCUT2D eigenvalue weighted by Gasteiger charge is 2.30. The smallest absolute Gasteiger partial charge is 0.360 e. The number of hydrogen-bond donors (Lipinski definition) is 0. The second-order valence-electron chi connectivity index (χ2n) is 5.44. The fraction of sp³-hybridized carbons (Fsp3) is 0.375. The molecule has 3 rings (SSSR count). The van der Waals surface area contributed by atoms with E-state index in [1.54, 1.807) is 42.2 Å². The summed E-state index contributed by atoms with van der Waals surface area (Å²) in [4.78, 5) is 17.8. The summed E-state index contributed by atoms with van der Waals surface area (Å²) in [5.41, 5.74) is 0.108. The van der Waals surface area contributed by atoms with Crippen molar-refractivity contribution in [2.75, 3.05) is 37.7 Å². The van der Waals surface area contributed by atoms with E-state index in [2.05, 4.69) is 4.98 Å². The maximum atomic E-state index is 12.6. The molecule has 0 bridgehead atoms. The molecule has 0 saturated carbocycles. The molecular formula is C16H19N3O5S. The first kappa shape index (κ1) is 17.4. The van der Waals surface area contributed by atoms with Crippen LogP contribution in [0.3, 0.4) is 0 Å². The van der Waals surface area contributed by atoms with Crippen molar-refractivity contribution in [1.82, 2.24) is 9.29 Å².